The van der Waals surface area contributed by atoms with E-state index in [1.54, 1.807) is 0 Å². The molecule has 2 rings (SSSR count). The fourth-order valence-electron chi connectivity index (χ4n) is 1.66. The van der Waals surface area contributed by atoms with Gasteiger partial charge in [-0.15, -0.1) is 0 Å². The predicted molar refractivity (Wildman–Crippen MR) is 73.5 cm³/mol. The van der Waals surface area contributed by atoms with Gasteiger partial charge in [-0.1, -0.05) is 41.4 Å². The molecule has 1 aromatic heterocycles. The van der Waals surface area contributed by atoms with Crippen molar-refractivity contribution in [3.63, 3.8) is 0 Å². The number of benzene rings is 1. The molecule has 0 bridgehead atoms. The van der Waals surface area contributed by atoms with Crippen LogP contribution in [-0.2, 0) is 6.54 Å². The third kappa shape index (κ3) is 2.57. The van der Waals surface area contributed by atoms with Crippen LogP contribution in [0.25, 0.3) is 0 Å². The predicted octanol–water partition coefficient (Wildman–Crippen LogP) is 3.22. The Morgan fingerprint density at radius 1 is 1.22 bits per heavy atom. The number of rotatable bonds is 2. The summed E-state index contributed by atoms with van der Waals surface area (Å²) >= 11 is 11.5. The van der Waals surface area contributed by atoms with Gasteiger partial charge < -0.3 is 0 Å². The van der Waals surface area contributed by atoms with E-state index in [1.165, 1.54) is 22.0 Å². The van der Waals surface area contributed by atoms with E-state index in [0.717, 1.165) is 5.56 Å². The highest BCUT2D eigenvalue weighted by Gasteiger charge is 2.07. The van der Waals surface area contributed by atoms with E-state index in [2.05, 4.69) is 4.98 Å². The van der Waals surface area contributed by atoms with Gasteiger partial charge in [-0.3, -0.25) is 9.36 Å². The van der Waals surface area contributed by atoms with Gasteiger partial charge in [0, 0.05) is 0 Å². The Hall–Kier alpha value is -1.32. The lowest BCUT2D eigenvalue weighted by atomic mass is 10.1. The Balaban J connectivity index is 2.37. The zero-order valence-corrected chi connectivity index (χ0v) is 11.6. The molecule has 0 saturated heterocycles. The molecule has 94 valence electrons. The molecule has 0 N–H and O–H groups in total. The van der Waals surface area contributed by atoms with Crippen molar-refractivity contribution >= 4 is 23.2 Å². The van der Waals surface area contributed by atoms with Crippen molar-refractivity contribution in [1.29, 1.82) is 0 Å². The quantitative estimate of drug-likeness (QED) is 0.793. The minimum Gasteiger partial charge on any atom is -0.293 e. The SMILES string of the molecule is Cc1ccc(Cn2cnc(Cl)c(Cl)c2=O)cc1C. The van der Waals surface area contributed by atoms with Gasteiger partial charge in [-0.2, -0.15) is 0 Å². The fraction of sp³-hybridized carbons (Fsp3) is 0.231. The second kappa shape index (κ2) is 5.12. The first-order valence-electron chi connectivity index (χ1n) is 5.45. The van der Waals surface area contributed by atoms with E-state index in [1.807, 2.05) is 32.0 Å². The van der Waals surface area contributed by atoms with Crippen LogP contribution in [0.1, 0.15) is 16.7 Å². The molecule has 0 atom stereocenters. The number of hydrogen-bond donors (Lipinski definition) is 0. The zero-order chi connectivity index (χ0) is 13.3. The van der Waals surface area contributed by atoms with Gasteiger partial charge in [-0.25, -0.2) is 4.98 Å². The van der Waals surface area contributed by atoms with Crippen molar-refractivity contribution in [1.82, 2.24) is 9.55 Å². The maximum atomic E-state index is 11.9. The number of nitrogens with zero attached hydrogens (tertiary/aromatic N) is 2. The highest BCUT2D eigenvalue weighted by Crippen LogP contribution is 2.14. The summed E-state index contributed by atoms with van der Waals surface area (Å²) in [5.74, 6) is 0. The fourth-order valence-corrected chi connectivity index (χ4v) is 1.94. The highest BCUT2D eigenvalue weighted by molar-refractivity contribution is 6.40. The molecule has 5 heteroatoms. The van der Waals surface area contributed by atoms with Crippen molar-refractivity contribution in [2.45, 2.75) is 20.4 Å². The normalized spacial score (nSPS) is 10.7. The molecule has 2 aromatic rings. The van der Waals surface area contributed by atoms with Crippen molar-refractivity contribution < 1.29 is 0 Å². The Bertz CT molecular complexity index is 650. The molecule has 18 heavy (non-hydrogen) atoms. The lowest BCUT2D eigenvalue weighted by Crippen LogP contribution is -2.21. The summed E-state index contributed by atoms with van der Waals surface area (Å²) in [7, 11) is 0. The molecule has 0 aliphatic rings. The molecule has 1 heterocycles. The van der Waals surface area contributed by atoms with E-state index in [9.17, 15) is 4.79 Å². The minimum atomic E-state index is -0.324. The van der Waals surface area contributed by atoms with E-state index in [0.29, 0.717) is 6.54 Å². The van der Waals surface area contributed by atoms with Crippen LogP contribution in [-0.4, -0.2) is 9.55 Å². The highest BCUT2D eigenvalue weighted by atomic mass is 35.5. The van der Waals surface area contributed by atoms with Gasteiger partial charge in [0.05, 0.1) is 12.9 Å². The topological polar surface area (TPSA) is 34.9 Å². The van der Waals surface area contributed by atoms with E-state index < -0.39 is 0 Å². The lowest BCUT2D eigenvalue weighted by Gasteiger charge is -2.08. The maximum Gasteiger partial charge on any atom is 0.273 e. The number of hydrogen-bond acceptors (Lipinski definition) is 2. The zero-order valence-electron chi connectivity index (χ0n) is 10.1. The van der Waals surface area contributed by atoms with Crippen LogP contribution in [0.3, 0.4) is 0 Å². The van der Waals surface area contributed by atoms with Crippen LogP contribution in [0.4, 0.5) is 0 Å². The van der Waals surface area contributed by atoms with Crippen LogP contribution in [0, 0.1) is 13.8 Å². The second-order valence-corrected chi connectivity index (χ2v) is 4.94. The van der Waals surface area contributed by atoms with E-state index in [4.69, 9.17) is 23.2 Å². The first-order chi connectivity index (χ1) is 8.49. The lowest BCUT2D eigenvalue weighted by molar-refractivity contribution is 0.735. The molecule has 3 nitrogen and oxygen atoms in total. The molecular formula is C13H12Cl2N2O. The van der Waals surface area contributed by atoms with Crippen LogP contribution >= 0.6 is 23.2 Å². The van der Waals surface area contributed by atoms with Gasteiger partial charge >= 0.3 is 0 Å². The second-order valence-electron chi connectivity index (χ2n) is 4.20. The van der Waals surface area contributed by atoms with Gasteiger partial charge in [-0.05, 0) is 30.5 Å². The molecule has 0 aliphatic heterocycles. The summed E-state index contributed by atoms with van der Waals surface area (Å²) in [4.78, 5) is 15.7. The van der Waals surface area contributed by atoms with E-state index in [-0.39, 0.29) is 15.7 Å². The maximum absolute atomic E-state index is 11.9. The number of aromatic nitrogens is 2. The molecule has 0 spiro atoms. The van der Waals surface area contributed by atoms with Crippen molar-refractivity contribution in [3.8, 4) is 0 Å². The van der Waals surface area contributed by atoms with Gasteiger partial charge in [0.25, 0.3) is 5.56 Å². The molecule has 0 aliphatic carbocycles. The van der Waals surface area contributed by atoms with Crippen LogP contribution in [0.5, 0.6) is 0 Å². The average molecular weight is 283 g/mol. The molecule has 0 amide bonds. The number of aryl methyl sites for hydroxylation is 2. The molecule has 0 saturated carbocycles. The third-order valence-electron chi connectivity index (χ3n) is 2.86. The van der Waals surface area contributed by atoms with Crippen LogP contribution in [0.15, 0.2) is 29.3 Å². The molecule has 0 fully saturated rings. The van der Waals surface area contributed by atoms with Crippen molar-refractivity contribution in [2.75, 3.05) is 0 Å². The average Bonchev–Trinajstić information content (AvgIpc) is 2.34. The molecule has 0 unspecified atom stereocenters. The van der Waals surface area contributed by atoms with Crippen LogP contribution < -0.4 is 5.56 Å². The molecule has 1 aromatic carbocycles. The monoisotopic (exact) mass is 282 g/mol. The van der Waals surface area contributed by atoms with Gasteiger partial charge in [0.2, 0.25) is 0 Å². The Morgan fingerprint density at radius 2 is 1.94 bits per heavy atom. The summed E-state index contributed by atoms with van der Waals surface area (Å²) in [6.07, 6.45) is 1.41. The molecule has 0 radical (unpaired) electrons. The third-order valence-corrected chi connectivity index (χ3v) is 3.59. The first-order valence-corrected chi connectivity index (χ1v) is 6.21. The van der Waals surface area contributed by atoms with Crippen molar-refractivity contribution in [3.05, 3.63) is 61.7 Å². The first kappa shape index (κ1) is 13.1. The van der Waals surface area contributed by atoms with Gasteiger partial charge in [0.1, 0.15) is 5.02 Å². The van der Waals surface area contributed by atoms with E-state index >= 15 is 0 Å². The smallest absolute Gasteiger partial charge is 0.273 e. The largest absolute Gasteiger partial charge is 0.293 e. The Morgan fingerprint density at radius 3 is 2.61 bits per heavy atom. The Labute approximate surface area is 115 Å². The summed E-state index contributed by atoms with van der Waals surface area (Å²) < 4.78 is 1.44. The summed E-state index contributed by atoms with van der Waals surface area (Å²) in [6, 6.07) is 6.06. The van der Waals surface area contributed by atoms with Crippen LogP contribution in [0.2, 0.25) is 10.2 Å². The van der Waals surface area contributed by atoms with Crippen molar-refractivity contribution in [2.24, 2.45) is 0 Å². The summed E-state index contributed by atoms with van der Waals surface area (Å²) in [6.45, 7) is 4.52. The van der Waals surface area contributed by atoms with Gasteiger partial charge in [0.15, 0.2) is 5.15 Å². The summed E-state index contributed by atoms with van der Waals surface area (Å²) in [5, 5.41) is 0.000929. The summed E-state index contributed by atoms with van der Waals surface area (Å²) in [5.41, 5.74) is 3.11. The molecular weight excluding hydrogens is 271 g/mol. The number of halogens is 2. The standard InChI is InChI=1S/C13H12Cl2N2O/c1-8-3-4-10(5-9(8)2)6-17-7-16-12(15)11(14)13(17)18/h3-5,7H,6H2,1-2H3. The Kier molecular flexibility index (Phi) is 3.73. The minimum absolute atomic E-state index is 0.0389.